The first-order chi connectivity index (χ1) is 15.2. The zero-order valence-electron chi connectivity index (χ0n) is 19.0. The van der Waals surface area contributed by atoms with Crippen LogP contribution in [0.15, 0.2) is 41.4 Å². The van der Waals surface area contributed by atoms with Crippen molar-refractivity contribution in [3.63, 3.8) is 0 Å². The van der Waals surface area contributed by atoms with Crippen LogP contribution in [0, 0.1) is 0 Å². The van der Waals surface area contributed by atoms with Gasteiger partial charge in [-0.3, -0.25) is 0 Å². The zero-order valence-corrected chi connectivity index (χ0v) is 19.8. The Morgan fingerprint density at radius 3 is 2.59 bits per heavy atom. The lowest BCUT2D eigenvalue weighted by molar-refractivity contribution is 0.521. The highest BCUT2D eigenvalue weighted by Gasteiger charge is 2.26. The number of benzene rings is 1. The van der Waals surface area contributed by atoms with E-state index in [0.29, 0.717) is 6.54 Å². The molecule has 0 unspecified atom stereocenters. The summed E-state index contributed by atoms with van der Waals surface area (Å²) in [7, 11) is -0.432. The minimum absolute atomic E-state index is 0.248. The molecule has 3 N–H and O–H groups in total. The van der Waals surface area contributed by atoms with Gasteiger partial charge < -0.3 is 16.0 Å². The van der Waals surface area contributed by atoms with Crippen molar-refractivity contribution in [2.24, 2.45) is 5.73 Å². The lowest BCUT2D eigenvalue weighted by atomic mass is 10.1. The van der Waals surface area contributed by atoms with E-state index in [1.165, 1.54) is 18.4 Å². The lowest BCUT2D eigenvalue weighted by Crippen LogP contribution is -2.36. The number of rotatable bonds is 7. The Balaban J connectivity index is 1.74. The number of nitrogens with one attached hydrogen (secondary N) is 1. The Kier molecular flexibility index (Phi) is 6.11. The van der Waals surface area contributed by atoms with Gasteiger partial charge in [-0.15, -0.1) is 0 Å². The van der Waals surface area contributed by atoms with Crippen molar-refractivity contribution in [3.8, 4) is 0 Å². The van der Waals surface area contributed by atoms with Crippen LogP contribution in [0.3, 0.4) is 0 Å². The first kappa shape index (κ1) is 22.5. The number of hydrogen-bond donors (Lipinski definition) is 2. The fourth-order valence-electron chi connectivity index (χ4n) is 4.06. The molecule has 172 valence electrons. The first-order valence-corrected chi connectivity index (χ1v) is 12.3. The molecule has 0 amide bonds. The molecule has 32 heavy (non-hydrogen) atoms. The van der Waals surface area contributed by atoms with Gasteiger partial charge in [0.05, 0.1) is 11.1 Å². The molecule has 1 atom stereocenters. The minimum atomic E-state index is -3.47. The Morgan fingerprint density at radius 2 is 1.97 bits per heavy atom. The van der Waals surface area contributed by atoms with Gasteiger partial charge in [0.25, 0.3) is 0 Å². The number of sulfonamides is 1. The predicted octanol–water partition coefficient (Wildman–Crippen LogP) is 2.77. The van der Waals surface area contributed by atoms with Gasteiger partial charge in [0.15, 0.2) is 5.65 Å². The van der Waals surface area contributed by atoms with Crippen LogP contribution in [0.4, 0.5) is 17.3 Å². The van der Waals surface area contributed by atoms with E-state index in [9.17, 15) is 8.42 Å². The third-order valence-electron chi connectivity index (χ3n) is 5.96. The highest BCUT2D eigenvalue weighted by atomic mass is 32.2. The van der Waals surface area contributed by atoms with Crippen molar-refractivity contribution < 1.29 is 8.42 Å². The average Bonchev–Trinajstić information content (AvgIpc) is 3.41. The second-order valence-corrected chi connectivity index (χ2v) is 10.8. The van der Waals surface area contributed by atoms with Crippen LogP contribution in [0.5, 0.6) is 0 Å². The fourth-order valence-corrected chi connectivity index (χ4v) is 4.96. The summed E-state index contributed by atoms with van der Waals surface area (Å²) < 4.78 is 27.7. The molecule has 2 aromatic heterocycles. The van der Waals surface area contributed by atoms with Crippen LogP contribution in [0.25, 0.3) is 5.65 Å². The molecule has 1 aliphatic rings. The zero-order chi connectivity index (χ0) is 23.0. The van der Waals surface area contributed by atoms with E-state index < -0.39 is 10.0 Å². The van der Waals surface area contributed by atoms with Crippen LogP contribution in [-0.4, -0.2) is 60.5 Å². The number of fused-ring (bicyclic) bond motifs is 1. The van der Waals surface area contributed by atoms with Crippen molar-refractivity contribution in [2.45, 2.75) is 43.5 Å². The number of anilines is 3. The Bertz CT molecular complexity index is 1200. The third kappa shape index (κ3) is 4.05. The summed E-state index contributed by atoms with van der Waals surface area (Å²) in [5.41, 5.74) is 8.66. The van der Waals surface area contributed by atoms with E-state index in [4.69, 9.17) is 10.7 Å². The average molecular weight is 458 g/mol. The number of hydrogen-bond acceptors (Lipinski definition) is 7. The van der Waals surface area contributed by atoms with Crippen molar-refractivity contribution >= 4 is 33.0 Å². The summed E-state index contributed by atoms with van der Waals surface area (Å²) in [4.78, 5) is 7.47. The quantitative estimate of drug-likeness (QED) is 0.561. The maximum atomic E-state index is 12.4. The molecular weight excluding hydrogens is 426 g/mol. The molecule has 0 bridgehead atoms. The second kappa shape index (κ2) is 8.68. The molecule has 1 saturated heterocycles. The monoisotopic (exact) mass is 457 g/mol. The molecule has 0 spiro atoms. The van der Waals surface area contributed by atoms with E-state index in [0.717, 1.165) is 47.9 Å². The number of nitrogens with zero attached hydrogens (tertiary/aromatic N) is 5. The summed E-state index contributed by atoms with van der Waals surface area (Å²) in [6.07, 6.45) is 4.01. The van der Waals surface area contributed by atoms with Gasteiger partial charge in [-0.1, -0.05) is 13.8 Å². The standard InChI is InChI=1S/C22H31N7O2S/c1-15(2)19-14-24-29-21(12-20(26-22(19)29)28-11-5-6-17(28)13-23)25-16-7-9-18(10-8-16)32(30,31)27(3)4/h7-10,12,14-15,17,25H,5-6,11,13,23H2,1-4H3/t17-/m0/s1. The highest BCUT2D eigenvalue weighted by Crippen LogP contribution is 2.31. The van der Waals surface area contributed by atoms with Crippen molar-refractivity contribution in [3.05, 3.63) is 42.1 Å². The predicted molar refractivity (Wildman–Crippen MR) is 127 cm³/mol. The second-order valence-electron chi connectivity index (χ2n) is 8.65. The number of nitrogens with two attached hydrogens (primary N) is 1. The molecule has 1 aliphatic heterocycles. The van der Waals surface area contributed by atoms with E-state index in [1.54, 1.807) is 28.8 Å². The molecule has 1 fully saturated rings. The Hall–Kier alpha value is -2.69. The molecular formula is C22H31N7O2S. The van der Waals surface area contributed by atoms with Crippen LogP contribution < -0.4 is 16.0 Å². The van der Waals surface area contributed by atoms with Gasteiger partial charge in [-0.25, -0.2) is 17.7 Å². The molecule has 9 nitrogen and oxygen atoms in total. The van der Waals surface area contributed by atoms with E-state index in [-0.39, 0.29) is 16.9 Å². The van der Waals surface area contributed by atoms with Gasteiger partial charge in [-0.2, -0.15) is 9.61 Å². The molecule has 1 aromatic carbocycles. The molecule has 4 rings (SSSR count). The van der Waals surface area contributed by atoms with E-state index >= 15 is 0 Å². The molecule has 3 heterocycles. The summed E-state index contributed by atoms with van der Waals surface area (Å²) in [5, 5.41) is 7.97. The Morgan fingerprint density at radius 1 is 1.25 bits per heavy atom. The first-order valence-electron chi connectivity index (χ1n) is 10.9. The largest absolute Gasteiger partial charge is 0.352 e. The van der Waals surface area contributed by atoms with E-state index in [1.807, 2.05) is 12.3 Å². The molecule has 0 radical (unpaired) electrons. The number of aromatic nitrogens is 3. The lowest BCUT2D eigenvalue weighted by Gasteiger charge is -2.25. The maximum Gasteiger partial charge on any atom is 0.242 e. The SMILES string of the molecule is CC(C)c1cnn2c(Nc3ccc(S(=O)(=O)N(C)C)cc3)cc(N3CCC[C@H]3CN)nc12. The summed E-state index contributed by atoms with van der Waals surface area (Å²) >= 11 is 0. The van der Waals surface area contributed by atoms with Crippen molar-refractivity contribution in [1.82, 2.24) is 18.9 Å². The molecule has 0 saturated carbocycles. The van der Waals surface area contributed by atoms with Gasteiger partial charge in [0.1, 0.15) is 11.6 Å². The summed E-state index contributed by atoms with van der Waals surface area (Å²) in [6, 6.07) is 8.98. The van der Waals surface area contributed by atoms with Crippen LogP contribution in [-0.2, 0) is 10.0 Å². The van der Waals surface area contributed by atoms with Gasteiger partial charge in [-0.05, 0) is 43.0 Å². The van der Waals surface area contributed by atoms with Crippen LogP contribution in [0.2, 0.25) is 0 Å². The topological polar surface area (TPSA) is 109 Å². The molecule has 0 aliphatic carbocycles. The maximum absolute atomic E-state index is 12.4. The summed E-state index contributed by atoms with van der Waals surface area (Å²) in [5.74, 6) is 1.92. The highest BCUT2D eigenvalue weighted by molar-refractivity contribution is 7.89. The Labute approximate surface area is 189 Å². The van der Waals surface area contributed by atoms with Gasteiger partial charge >= 0.3 is 0 Å². The molecule has 10 heteroatoms. The smallest absolute Gasteiger partial charge is 0.242 e. The summed E-state index contributed by atoms with van der Waals surface area (Å²) in [6.45, 7) is 5.77. The van der Waals surface area contributed by atoms with E-state index in [2.05, 4.69) is 29.2 Å². The van der Waals surface area contributed by atoms with Gasteiger partial charge in [0.2, 0.25) is 10.0 Å². The van der Waals surface area contributed by atoms with Crippen LogP contribution in [0.1, 0.15) is 38.2 Å². The minimum Gasteiger partial charge on any atom is -0.352 e. The third-order valence-corrected chi connectivity index (χ3v) is 7.79. The fraction of sp³-hybridized carbons (Fsp3) is 0.455. The normalized spacial score (nSPS) is 17.1. The van der Waals surface area contributed by atoms with Crippen molar-refractivity contribution in [1.29, 1.82) is 0 Å². The molecule has 3 aromatic rings. The van der Waals surface area contributed by atoms with Crippen molar-refractivity contribution in [2.75, 3.05) is 37.4 Å². The van der Waals surface area contributed by atoms with Crippen LogP contribution >= 0.6 is 0 Å². The van der Waals surface area contributed by atoms with Gasteiger partial charge in [0, 0.05) is 50.5 Å².